The Kier molecular flexibility index (Phi) is 8.09. The first-order valence-electron chi connectivity index (χ1n) is 2.90. The van der Waals surface area contributed by atoms with Gasteiger partial charge in [0.05, 0.1) is 6.61 Å². The maximum absolute atomic E-state index is 5.36. The van der Waals surface area contributed by atoms with Crippen molar-refractivity contribution in [3.63, 3.8) is 0 Å². The number of halogens is 2. The maximum Gasteiger partial charge on any atom is 0.0710 e. The van der Waals surface area contributed by atoms with Crippen molar-refractivity contribution in [2.75, 3.05) is 13.2 Å². The zero-order valence-electron chi connectivity index (χ0n) is 5.66. The van der Waals surface area contributed by atoms with Gasteiger partial charge < -0.3 is 10.6 Å². The monoisotopic (exact) mass is 188 g/mol. The fraction of sp³-hybridized carbons (Fsp3) is 1.00. The molecule has 0 aromatic heterocycles. The second kappa shape index (κ2) is 6.19. The molecule has 3 nitrogen and oxygen atoms in total. The Hall–Kier alpha value is 0.460. The highest BCUT2D eigenvalue weighted by Gasteiger charge is 2.35. The highest BCUT2D eigenvalue weighted by molar-refractivity contribution is 5.85. The van der Waals surface area contributed by atoms with Crippen LogP contribution in [-0.4, -0.2) is 13.2 Å². The molecule has 1 fully saturated rings. The quantitative estimate of drug-likeness (QED) is 0.628. The molecule has 0 amide bonds. The minimum Gasteiger partial charge on any atom is -0.330 e. The largest absolute Gasteiger partial charge is 0.330 e. The molecule has 0 heterocycles. The van der Waals surface area contributed by atoms with Gasteiger partial charge in [0.25, 0.3) is 0 Å². The molecule has 1 aliphatic carbocycles. The molecule has 1 rings (SSSR count). The van der Waals surface area contributed by atoms with E-state index in [1.807, 2.05) is 0 Å². The lowest BCUT2D eigenvalue weighted by Gasteiger charge is -1.91. The van der Waals surface area contributed by atoms with Gasteiger partial charge in [-0.3, -0.25) is 0 Å². The molecule has 4 N–H and O–H groups in total. The minimum absolute atomic E-state index is 0. The molecule has 0 aromatic carbocycles. The van der Waals surface area contributed by atoms with Crippen LogP contribution in [0.5, 0.6) is 0 Å². The van der Waals surface area contributed by atoms with Gasteiger partial charge in [-0.05, 0) is 24.8 Å². The van der Waals surface area contributed by atoms with E-state index in [2.05, 4.69) is 4.84 Å². The lowest BCUT2D eigenvalue weighted by Crippen LogP contribution is -2.08. The molecule has 1 saturated carbocycles. The number of nitrogens with two attached hydrogens (primary N) is 2. The second-order valence-corrected chi connectivity index (χ2v) is 2.32. The summed E-state index contributed by atoms with van der Waals surface area (Å²) in [6, 6.07) is 0. The summed E-state index contributed by atoms with van der Waals surface area (Å²) >= 11 is 0. The van der Waals surface area contributed by atoms with Crippen molar-refractivity contribution < 1.29 is 4.84 Å². The van der Waals surface area contributed by atoms with Crippen LogP contribution in [0.25, 0.3) is 0 Å². The molecule has 0 aliphatic heterocycles. The summed E-state index contributed by atoms with van der Waals surface area (Å²) in [5.41, 5.74) is 5.36. The molecule has 0 spiro atoms. The Labute approximate surface area is 73.2 Å². The lowest BCUT2D eigenvalue weighted by molar-refractivity contribution is 0.124. The molecule has 5 heteroatoms. The summed E-state index contributed by atoms with van der Waals surface area (Å²) in [5.74, 6) is 6.20. The molecule has 10 heavy (non-hydrogen) atoms. The van der Waals surface area contributed by atoms with E-state index in [1.165, 1.54) is 6.42 Å². The molecular weight excluding hydrogens is 175 g/mol. The van der Waals surface area contributed by atoms with Crippen LogP contribution >= 0.6 is 24.8 Å². The minimum atomic E-state index is 0. The van der Waals surface area contributed by atoms with Crippen molar-refractivity contribution in [2.45, 2.75) is 6.42 Å². The zero-order valence-corrected chi connectivity index (χ0v) is 7.29. The Morgan fingerprint density at radius 3 is 2.20 bits per heavy atom. The average molecular weight is 189 g/mol. The van der Waals surface area contributed by atoms with E-state index in [0.717, 1.165) is 6.54 Å². The van der Waals surface area contributed by atoms with Gasteiger partial charge in [0.15, 0.2) is 0 Å². The molecule has 0 radical (unpaired) electrons. The van der Waals surface area contributed by atoms with Gasteiger partial charge in [0, 0.05) is 0 Å². The number of hydrogen-bond acceptors (Lipinski definition) is 3. The van der Waals surface area contributed by atoms with Crippen molar-refractivity contribution in [3.8, 4) is 0 Å². The number of hydrogen-bond donors (Lipinski definition) is 2. The summed E-state index contributed by atoms with van der Waals surface area (Å²) in [4.78, 5) is 4.44. The Bertz CT molecular complexity index is 84.0. The molecule has 64 valence electrons. The van der Waals surface area contributed by atoms with E-state index in [-0.39, 0.29) is 24.8 Å². The van der Waals surface area contributed by atoms with Crippen LogP contribution in [0, 0.1) is 11.8 Å². The van der Waals surface area contributed by atoms with Gasteiger partial charge in [-0.15, -0.1) is 24.8 Å². The molecule has 0 bridgehead atoms. The van der Waals surface area contributed by atoms with Gasteiger partial charge in [-0.2, -0.15) is 0 Å². The first-order chi connectivity index (χ1) is 3.88. The molecular formula is C5H14Cl2N2O. The third kappa shape index (κ3) is 3.58. The van der Waals surface area contributed by atoms with Gasteiger partial charge in [0.2, 0.25) is 0 Å². The predicted molar refractivity (Wildman–Crippen MR) is 45.3 cm³/mol. The van der Waals surface area contributed by atoms with Crippen molar-refractivity contribution in [1.82, 2.24) is 0 Å². The highest BCUT2D eigenvalue weighted by atomic mass is 35.5. The van der Waals surface area contributed by atoms with Crippen molar-refractivity contribution in [2.24, 2.45) is 23.5 Å². The van der Waals surface area contributed by atoms with Crippen LogP contribution in [-0.2, 0) is 4.84 Å². The van der Waals surface area contributed by atoms with Gasteiger partial charge >= 0.3 is 0 Å². The topological polar surface area (TPSA) is 61.3 Å². The van der Waals surface area contributed by atoms with Crippen LogP contribution in [0.4, 0.5) is 0 Å². The second-order valence-electron chi connectivity index (χ2n) is 2.32. The SMILES string of the molecule is Cl.Cl.NCC1CC1CON. The van der Waals surface area contributed by atoms with Gasteiger partial charge in [-0.25, -0.2) is 5.90 Å². The van der Waals surface area contributed by atoms with Gasteiger partial charge in [-0.1, -0.05) is 0 Å². The van der Waals surface area contributed by atoms with Crippen LogP contribution in [0.3, 0.4) is 0 Å². The zero-order chi connectivity index (χ0) is 5.98. The van der Waals surface area contributed by atoms with E-state index in [9.17, 15) is 0 Å². The van der Waals surface area contributed by atoms with E-state index < -0.39 is 0 Å². The fourth-order valence-corrected chi connectivity index (χ4v) is 0.927. The van der Waals surface area contributed by atoms with Gasteiger partial charge in [0.1, 0.15) is 0 Å². The van der Waals surface area contributed by atoms with Crippen molar-refractivity contribution in [1.29, 1.82) is 0 Å². The summed E-state index contributed by atoms with van der Waals surface area (Å²) < 4.78 is 0. The van der Waals surface area contributed by atoms with Crippen LogP contribution in [0.2, 0.25) is 0 Å². The standard InChI is InChI=1S/C5H12N2O.2ClH/c6-2-4-1-5(4)3-8-7;;/h4-5H,1-3,6-7H2;2*1H. The van der Waals surface area contributed by atoms with E-state index >= 15 is 0 Å². The lowest BCUT2D eigenvalue weighted by atomic mass is 10.3. The molecule has 2 atom stereocenters. The summed E-state index contributed by atoms with van der Waals surface area (Å²) in [6.45, 7) is 1.47. The number of rotatable bonds is 3. The van der Waals surface area contributed by atoms with Crippen LogP contribution < -0.4 is 11.6 Å². The Morgan fingerprint density at radius 2 is 1.90 bits per heavy atom. The highest BCUT2D eigenvalue weighted by Crippen LogP contribution is 2.36. The fourth-order valence-electron chi connectivity index (χ4n) is 0.927. The first kappa shape index (κ1) is 13.1. The van der Waals surface area contributed by atoms with Crippen LogP contribution in [0.1, 0.15) is 6.42 Å². The Balaban J connectivity index is 0. The maximum atomic E-state index is 5.36. The normalized spacial score (nSPS) is 28.2. The molecule has 0 aromatic rings. The molecule has 0 saturated heterocycles. The Morgan fingerprint density at radius 1 is 1.30 bits per heavy atom. The third-order valence-electron chi connectivity index (χ3n) is 1.68. The smallest absolute Gasteiger partial charge is 0.0710 e. The van der Waals surface area contributed by atoms with Crippen molar-refractivity contribution in [3.05, 3.63) is 0 Å². The predicted octanol–water partition coefficient (Wildman–Crippen LogP) is 0.315. The first-order valence-corrected chi connectivity index (χ1v) is 2.90. The summed E-state index contributed by atoms with van der Waals surface area (Å²) in [5, 5.41) is 0. The van der Waals surface area contributed by atoms with E-state index in [0.29, 0.717) is 18.4 Å². The van der Waals surface area contributed by atoms with Crippen molar-refractivity contribution >= 4 is 24.8 Å². The summed E-state index contributed by atoms with van der Waals surface area (Å²) in [7, 11) is 0. The molecule has 2 unspecified atom stereocenters. The van der Waals surface area contributed by atoms with E-state index in [1.54, 1.807) is 0 Å². The summed E-state index contributed by atoms with van der Waals surface area (Å²) in [6.07, 6.45) is 1.20. The van der Waals surface area contributed by atoms with Crippen LogP contribution in [0.15, 0.2) is 0 Å². The third-order valence-corrected chi connectivity index (χ3v) is 1.68. The average Bonchev–Trinajstić information content (AvgIpc) is 2.48. The molecule has 1 aliphatic rings. The van der Waals surface area contributed by atoms with E-state index in [4.69, 9.17) is 11.6 Å².